The first-order valence-electron chi connectivity index (χ1n) is 7.81. The molecule has 1 aromatic heterocycles. The normalized spacial score (nSPS) is 11.5. The Morgan fingerprint density at radius 1 is 1.33 bits per heavy atom. The number of aromatic nitrogens is 1. The zero-order valence-electron chi connectivity index (χ0n) is 14.4. The summed E-state index contributed by atoms with van der Waals surface area (Å²) in [5, 5.41) is 7.54. The lowest BCUT2D eigenvalue weighted by atomic mass is 10.2. The minimum absolute atomic E-state index is 0.240. The number of methoxy groups -OCH3 is 1. The maximum atomic E-state index is 13.7. The van der Waals surface area contributed by atoms with Crippen LogP contribution in [0.4, 0.5) is 4.39 Å². The Morgan fingerprint density at radius 2 is 2.12 bits per heavy atom. The first kappa shape index (κ1) is 18.2. The summed E-state index contributed by atoms with van der Waals surface area (Å²) in [5.41, 5.74) is 1.83. The molecule has 7 heteroatoms. The minimum Gasteiger partial charge on any atom is -0.494 e. The summed E-state index contributed by atoms with van der Waals surface area (Å²) in [5.74, 6) is 0.557. The molecule has 0 aliphatic rings. The average molecular weight is 350 g/mol. The molecule has 2 aromatic rings. The van der Waals surface area contributed by atoms with Gasteiger partial charge in [-0.3, -0.25) is 0 Å². The highest BCUT2D eigenvalue weighted by molar-refractivity contribution is 7.11. The van der Waals surface area contributed by atoms with Gasteiger partial charge in [-0.05, 0) is 38.5 Å². The fourth-order valence-electron chi connectivity index (χ4n) is 2.22. The topological polar surface area (TPSA) is 58.5 Å². The van der Waals surface area contributed by atoms with Crippen molar-refractivity contribution in [3.05, 3.63) is 45.2 Å². The lowest BCUT2D eigenvalue weighted by Crippen LogP contribution is -2.36. The van der Waals surface area contributed by atoms with Crippen LogP contribution in [0.2, 0.25) is 0 Å². The lowest BCUT2D eigenvalue weighted by molar-refractivity contribution is 0.386. The predicted octanol–water partition coefficient (Wildman–Crippen LogP) is 3.16. The molecule has 130 valence electrons. The third-order valence-corrected chi connectivity index (χ3v) is 4.47. The van der Waals surface area contributed by atoms with Gasteiger partial charge >= 0.3 is 0 Å². The molecule has 2 rings (SSSR count). The Morgan fingerprint density at radius 3 is 2.71 bits per heavy atom. The first-order chi connectivity index (χ1) is 11.5. The third-order valence-electron chi connectivity index (χ3n) is 3.40. The summed E-state index contributed by atoms with van der Waals surface area (Å²) in [6.07, 6.45) is 0. The Hall–Kier alpha value is -2.15. The largest absolute Gasteiger partial charge is 0.494 e. The number of aliphatic imine (C=N–C) groups is 1. The molecule has 0 aliphatic carbocycles. The van der Waals surface area contributed by atoms with Crippen molar-refractivity contribution < 1.29 is 9.13 Å². The van der Waals surface area contributed by atoms with Crippen molar-refractivity contribution >= 4 is 17.3 Å². The van der Waals surface area contributed by atoms with E-state index >= 15 is 0 Å². The average Bonchev–Trinajstić information content (AvgIpc) is 2.88. The van der Waals surface area contributed by atoms with E-state index in [-0.39, 0.29) is 11.6 Å². The number of guanidine groups is 1. The minimum atomic E-state index is -0.376. The molecule has 0 unspecified atom stereocenters. The zero-order valence-corrected chi connectivity index (χ0v) is 15.3. The van der Waals surface area contributed by atoms with Crippen LogP contribution in [0.15, 0.2) is 23.2 Å². The van der Waals surface area contributed by atoms with Crippen LogP contribution in [0.3, 0.4) is 0 Å². The van der Waals surface area contributed by atoms with Crippen LogP contribution in [0.25, 0.3) is 0 Å². The number of halogens is 1. The van der Waals surface area contributed by atoms with Crippen LogP contribution in [0, 0.1) is 19.7 Å². The Labute approximate surface area is 146 Å². The number of rotatable bonds is 6. The molecule has 1 heterocycles. The van der Waals surface area contributed by atoms with Crippen LogP contribution in [-0.2, 0) is 13.1 Å². The van der Waals surface area contributed by atoms with Gasteiger partial charge in [0.25, 0.3) is 0 Å². The van der Waals surface area contributed by atoms with Crippen molar-refractivity contribution in [2.24, 2.45) is 4.99 Å². The summed E-state index contributed by atoms with van der Waals surface area (Å²) >= 11 is 1.68. The SMILES string of the molecule is CCNC(=NCc1ccc(OC)c(F)c1)NCc1sc(C)nc1C. The van der Waals surface area contributed by atoms with Gasteiger partial charge in [-0.2, -0.15) is 0 Å². The summed E-state index contributed by atoms with van der Waals surface area (Å²) in [7, 11) is 1.45. The monoisotopic (exact) mass is 350 g/mol. The van der Waals surface area contributed by atoms with E-state index in [9.17, 15) is 4.39 Å². The lowest BCUT2D eigenvalue weighted by Gasteiger charge is -2.11. The van der Waals surface area contributed by atoms with Crippen LogP contribution < -0.4 is 15.4 Å². The molecule has 0 saturated heterocycles. The second kappa shape index (κ2) is 8.63. The van der Waals surface area contributed by atoms with Gasteiger partial charge < -0.3 is 15.4 Å². The number of hydrogen-bond donors (Lipinski definition) is 2. The molecule has 0 radical (unpaired) electrons. The molecular formula is C17H23FN4OS. The van der Waals surface area contributed by atoms with Crippen LogP contribution in [0.5, 0.6) is 5.75 Å². The maximum absolute atomic E-state index is 13.7. The number of nitrogens with one attached hydrogen (secondary N) is 2. The quantitative estimate of drug-likeness (QED) is 0.621. The molecule has 0 aliphatic heterocycles. The molecule has 1 aromatic carbocycles. The number of thiazole rings is 1. The van der Waals surface area contributed by atoms with E-state index in [4.69, 9.17) is 4.74 Å². The second-order valence-corrected chi connectivity index (χ2v) is 6.55. The number of ether oxygens (including phenoxy) is 1. The molecule has 0 spiro atoms. The summed E-state index contributed by atoms with van der Waals surface area (Å²) in [6.45, 7) is 7.82. The van der Waals surface area contributed by atoms with Crippen molar-refractivity contribution in [2.45, 2.75) is 33.9 Å². The Balaban J connectivity index is 2.02. The highest BCUT2D eigenvalue weighted by Crippen LogP contribution is 2.18. The van der Waals surface area contributed by atoms with Gasteiger partial charge in [0.05, 0.1) is 30.9 Å². The zero-order chi connectivity index (χ0) is 17.5. The van der Waals surface area contributed by atoms with Crippen molar-refractivity contribution in [1.82, 2.24) is 15.6 Å². The van der Waals surface area contributed by atoms with E-state index in [1.54, 1.807) is 17.4 Å². The summed E-state index contributed by atoms with van der Waals surface area (Å²) in [6, 6.07) is 4.87. The molecule has 0 atom stereocenters. The molecule has 0 saturated carbocycles. The van der Waals surface area contributed by atoms with E-state index in [0.29, 0.717) is 19.0 Å². The molecule has 24 heavy (non-hydrogen) atoms. The smallest absolute Gasteiger partial charge is 0.191 e. The van der Waals surface area contributed by atoms with Gasteiger partial charge in [-0.25, -0.2) is 14.4 Å². The van der Waals surface area contributed by atoms with Gasteiger partial charge in [0, 0.05) is 11.4 Å². The van der Waals surface area contributed by atoms with Crippen molar-refractivity contribution in [1.29, 1.82) is 0 Å². The highest BCUT2D eigenvalue weighted by atomic mass is 32.1. The first-order valence-corrected chi connectivity index (χ1v) is 8.62. The highest BCUT2D eigenvalue weighted by Gasteiger charge is 2.07. The van der Waals surface area contributed by atoms with Crippen LogP contribution >= 0.6 is 11.3 Å². The van der Waals surface area contributed by atoms with E-state index in [0.717, 1.165) is 22.8 Å². The molecule has 2 N–H and O–H groups in total. The van der Waals surface area contributed by atoms with E-state index in [1.165, 1.54) is 18.1 Å². The van der Waals surface area contributed by atoms with Crippen molar-refractivity contribution in [2.75, 3.05) is 13.7 Å². The van der Waals surface area contributed by atoms with E-state index in [2.05, 4.69) is 20.6 Å². The Bertz CT molecular complexity index is 715. The molecule has 0 fully saturated rings. The van der Waals surface area contributed by atoms with Crippen LogP contribution in [0.1, 0.15) is 28.1 Å². The molecule has 0 amide bonds. The standard InChI is InChI=1S/C17H23FN4OS/c1-5-19-17(21-10-16-11(2)22-12(3)24-16)20-9-13-6-7-15(23-4)14(18)8-13/h6-8H,5,9-10H2,1-4H3,(H2,19,20,21). The summed E-state index contributed by atoms with van der Waals surface area (Å²) < 4.78 is 18.7. The van der Waals surface area contributed by atoms with Gasteiger partial charge in [0.15, 0.2) is 17.5 Å². The van der Waals surface area contributed by atoms with Crippen LogP contribution in [-0.4, -0.2) is 24.6 Å². The number of benzene rings is 1. The predicted molar refractivity (Wildman–Crippen MR) is 96.2 cm³/mol. The molecule has 5 nitrogen and oxygen atoms in total. The molecular weight excluding hydrogens is 327 g/mol. The molecule has 0 bridgehead atoms. The number of hydrogen-bond acceptors (Lipinski definition) is 4. The van der Waals surface area contributed by atoms with Crippen molar-refractivity contribution in [3.8, 4) is 5.75 Å². The van der Waals surface area contributed by atoms with Gasteiger partial charge in [-0.15, -0.1) is 11.3 Å². The fraction of sp³-hybridized carbons (Fsp3) is 0.412. The second-order valence-electron chi connectivity index (χ2n) is 5.26. The third kappa shape index (κ3) is 4.92. The fourth-order valence-corrected chi connectivity index (χ4v) is 3.10. The maximum Gasteiger partial charge on any atom is 0.191 e. The van der Waals surface area contributed by atoms with Gasteiger partial charge in [0.2, 0.25) is 0 Å². The number of aryl methyl sites for hydroxylation is 2. The van der Waals surface area contributed by atoms with Crippen molar-refractivity contribution in [3.63, 3.8) is 0 Å². The number of nitrogens with zero attached hydrogens (tertiary/aromatic N) is 2. The Kier molecular flexibility index (Phi) is 6.54. The van der Waals surface area contributed by atoms with E-state index < -0.39 is 0 Å². The van der Waals surface area contributed by atoms with E-state index in [1.807, 2.05) is 26.8 Å². The van der Waals surface area contributed by atoms with Gasteiger partial charge in [0.1, 0.15) is 0 Å². The van der Waals surface area contributed by atoms with Gasteiger partial charge in [-0.1, -0.05) is 6.07 Å². The summed E-state index contributed by atoms with van der Waals surface area (Å²) in [4.78, 5) is 10.1.